The van der Waals surface area contributed by atoms with E-state index in [0.29, 0.717) is 13.0 Å². The number of halogens is 1. The Hall–Kier alpha value is -2.01. The molecule has 0 saturated carbocycles. The van der Waals surface area contributed by atoms with Crippen LogP contribution in [0.2, 0.25) is 0 Å². The molecule has 1 fully saturated rings. The summed E-state index contributed by atoms with van der Waals surface area (Å²) in [5, 5.41) is 4.20. The van der Waals surface area contributed by atoms with Crippen LogP contribution >= 0.6 is 15.9 Å². The monoisotopic (exact) mass is 527 g/mol. The van der Waals surface area contributed by atoms with Crippen LogP contribution in [0.15, 0.2) is 24.3 Å². The first kappa shape index (κ1) is 26.6. The molecule has 186 valence electrons. The van der Waals surface area contributed by atoms with Crippen molar-refractivity contribution < 1.29 is 4.79 Å². The van der Waals surface area contributed by atoms with E-state index >= 15 is 0 Å². The lowest BCUT2D eigenvalue weighted by Gasteiger charge is -2.27. The van der Waals surface area contributed by atoms with Crippen LogP contribution in [-0.4, -0.2) is 31.0 Å². The van der Waals surface area contributed by atoms with E-state index in [2.05, 4.69) is 89.9 Å². The highest BCUT2D eigenvalue weighted by Gasteiger charge is 2.25. The summed E-state index contributed by atoms with van der Waals surface area (Å²) < 4.78 is 0. The van der Waals surface area contributed by atoms with E-state index in [9.17, 15) is 4.79 Å². The van der Waals surface area contributed by atoms with Crippen molar-refractivity contribution in [3.05, 3.63) is 57.6 Å². The van der Waals surface area contributed by atoms with Crippen LogP contribution < -0.4 is 15.1 Å². The highest BCUT2D eigenvalue weighted by molar-refractivity contribution is 9.09. The average molecular weight is 529 g/mol. The van der Waals surface area contributed by atoms with Gasteiger partial charge in [0.25, 0.3) is 0 Å². The summed E-state index contributed by atoms with van der Waals surface area (Å²) in [6.07, 6.45) is 6.44. The van der Waals surface area contributed by atoms with Crippen molar-refractivity contribution in [3.8, 4) is 0 Å². The SMILES string of the molecule is Cc1cc(C)c(N2CCN(c3c(C)cc(CNC(=O)CCCCCCCBr)cc3C)C2)c(C)c1. The van der Waals surface area contributed by atoms with E-state index in [1.807, 2.05) is 0 Å². The number of alkyl halides is 1. The minimum Gasteiger partial charge on any atom is -0.352 e. The molecule has 5 heteroatoms. The minimum atomic E-state index is 0.166. The zero-order valence-corrected chi connectivity index (χ0v) is 23.4. The van der Waals surface area contributed by atoms with E-state index in [0.717, 1.165) is 37.9 Å². The molecule has 0 radical (unpaired) electrons. The van der Waals surface area contributed by atoms with Gasteiger partial charge >= 0.3 is 0 Å². The molecule has 0 atom stereocenters. The number of unbranched alkanes of at least 4 members (excludes halogenated alkanes) is 4. The number of hydrogen-bond donors (Lipinski definition) is 1. The Bertz CT molecular complexity index is 941. The lowest BCUT2D eigenvalue weighted by Crippen LogP contribution is -2.27. The predicted molar refractivity (Wildman–Crippen MR) is 149 cm³/mol. The van der Waals surface area contributed by atoms with Crippen molar-refractivity contribution in [3.63, 3.8) is 0 Å². The zero-order valence-electron chi connectivity index (χ0n) is 21.8. The summed E-state index contributed by atoms with van der Waals surface area (Å²) in [6.45, 7) is 14.6. The fraction of sp³-hybridized carbons (Fsp3) is 0.552. The molecule has 0 aliphatic carbocycles. The molecule has 2 aromatic carbocycles. The summed E-state index contributed by atoms with van der Waals surface area (Å²) in [6, 6.07) is 9.06. The number of rotatable bonds is 11. The number of carbonyl (C=O) groups is 1. The van der Waals surface area contributed by atoms with Gasteiger partial charge in [0.15, 0.2) is 0 Å². The Morgan fingerprint density at radius 2 is 1.29 bits per heavy atom. The maximum atomic E-state index is 12.3. The van der Waals surface area contributed by atoms with Gasteiger partial charge in [-0.3, -0.25) is 4.79 Å². The molecule has 34 heavy (non-hydrogen) atoms. The lowest BCUT2D eigenvalue weighted by molar-refractivity contribution is -0.121. The molecule has 1 amide bonds. The molecule has 3 rings (SSSR count). The van der Waals surface area contributed by atoms with Gasteiger partial charge < -0.3 is 15.1 Å². The van der Waals surface area contributed by atoms with Gasteiger partial charge in [-0.2, -0.15) is 0 Å². The highest BCUT2D eigenvalue weighted by atomic mass is 79.9. The van der Waals surface area contributed by atoms with Gasteiger partial charge in [-0.1, -0.05) is 65.0 Å². The van der Waals surface area contributed by atoms with Gasteiger partial charge in [0.05, 0.1) is 6.67 Å². The molecule has 2 aromatic rings. The second kappa shape index (κ2) is 12.6. The van der Waals surface area contributed by atoms with Crippen LogP contribution in [0.25, 0.3) is 0 Å². The van der Waals surface area contributed by atoms with Gasteiger partial charge in [-0.15, -0.1) is 0 Å². The van der Waals surface area contributed by atoms with E-state index in [1.165, 1.54) is 64.0 Å². The molecule has 4 nitrogen and oxygen atoms in total. The van der Waals surface area contributed by atoms with Crippen molar-refractivity contribution in [1.29, 1.82) is 0 Å². The zero-order chi connectivity index (χ0) is 24.7. The Morgan fingerprint density at radius 3 is 1.85 bits per heavy atom. The molecule has 1 heterocycles. The van der Waals surface area contributed by atoms with Gasteiger partial charge in [-0.05, 0) is 75.3 Å². The van der Waals surface area contributed by atoms with Gasteiger partial charge in [-0.25, -0.2) is 0 Å². The lowest BCUT2D eigenvalue weighted by atomic mass is 10.0. The van der Waals surface area contributed by atoms with Crippen LogP contribution in [0.4, 0.5) is 11.4 Å². The third-order valence-corrected chi connectivity index (χ3v) is 7.39. The standard InChI is InChI=1S/C29H42BrN3O/c1-21-15-22(2)28(23(3)16-21)32-13-14-33(20-32)29-24(4)17-26(18-25(29)5)19-31-27(34)11-9-7-6-8-10-12-30/h15-18H,6-14,19-20H2,1-5H3,(H,31,34). The third-order valence-electron chi connectivity index (χ3n) is 6.83. The van der Waals surface area contributed by atoms with Gasteiger partial charge in [0, 0.05) is 42.8 Å². The van der Waals surface area contributed by atoms with Crippen LogP contribution in [0, 0.1) is 34.6 Å². The van der Waals surface area contributed by atoms with Crippen molar-refractivity contribution >= 4 is 33.2 Å². The number of nitrogens with zero attached hydrogens (tertiary/aromatic N) is 2. The summed E-state index contributed by atoms with van der Waals surface area (Å²) in [4.78, 5) is 17.3. The molecule has 0 spiro atoms. The number of nitrogens with one attached hydrogen (secondary N) is 1. The topological polar surface area (TPSA) is 35.6 Å². The van der Waals surface area contributed by atoms with Crippen LogP contribution in [0.5, 0.6) is 0 Å². The Labute approximate surface area is 215 Å². The first-order chi connectivity index (χ1) is 16.3. The summed E-state index contributed by atoms with van der Waals surface area (Å²) in [7, 11) is 0. The van der Waals surface area contributed by atoms with E-state index < -0.39 is 0 Å². The van der Waals surface area contributed by atoms with Crippen molar-refractivity contribution in [1.82, 2.24) is 5.32 Å². The quantitative estimate of drug-likeness (QED) is 0.256. The van der Waals surface area contributed by atoms with Crippen LogP contribution in [0.1, 0.15) is 71.9 Å². The Balaban J connectivity index is 1.56. The van der Waals surface area contributed by atoms with Crippen molar-refractivity contribution in [2.45, 2.75) is 79.7 Å². The number of anilines is 2. The van der Waals surface area contributed by atoms with Gasteiger partial charge in [0.1, 0.15) is 0 Å². The molecule has 0 bridgehead atoms. The van der Waals surface area contributed by atoms with Gasteiger partial charge in [0.2, 0.25) is 5.91 Å². The number of amides is 1. The average Bonchev–Trinajstić information content (AvgIpc) is 3.22. The Kier molecular flexibility index (Phi) is 9.87. The predicted octanol–water partition coefficient (Wildman–Crippen LogP) is 6.86. The molecule has 1 N–H and O–H groups in total. The first-order valence-corrected chi connectivity index (χ1v) is 13.9. The van der Waals surface area contributed by atoms with Crippen LogP contribution in [-0.2, 0) is 11.3 Å². The Morgan fingerprint density at radius 1 is 0.794 bits per heavy atom. The highest BCUT2D eigenvalue weighted by Crippen LogP contribution is 2.33. The first-order valence-electron chi connectivity index (χ1n) is 12.8. The fourth-order valence-electron chi connectivity index (χ4n) is 5.47. The second-order valence-electron chi connectivity index (χ2n) is 9.98. The number of aryl methyl sites for hydroxylation is 5. The summed E-state index contributed by atoms with van der Waals surface area (Å²) in [5.41, 5.74) is 10.5. The van der Waals surface area contributed by atoms with Crippen molar-refractivity contribution in [2.24, 2.45) is 0 Å². The fourth-order valence-corrected chi connectivity index (χ4v) is 5.87. The maximum Gasteiger partial charge on any atom is 0.220 e. The molecule has 1 aliphatic rings. The normalized spacial score (nSPS) is 13.6. The second-order valence-corrected chi connectivity index (χ2v) is 10.8. The van der Waals surface area contributed by atoms with E-state index in [1.54, 1.807) is 0 Å². The maximum absolute atomic E-state index is 12.3. The molecular formula is C29H42BrN3O. The van der Waals surface area contributed by atoms with E-state index in [-0.39, 0.29) is 5.91 Å². The number of carbonyl (C=O) groups excluding carboxylic acids is 1. The molecule has 0 unspecified atom stereocenters. The summed E-state index contributed by atoms with van der Waals surface area (Å²) in [5.74, 6) is 0.166. The molecule has 1 saturated heterocycles. The molecule has 1 aliphatic heterocycles. The largest absolute Gasteiger partial charge is 0.352 e. The molecule has 0 aromatic heterocycles. The molecular weight excluding hydrogens is 486 g/mol. The van der Waals surface area contributed by atoms with E-state index in [4.69, 9.17) is 0 Å². The van der Waals surface area contributed by atoms with Crippen molar-refractivity contribution in [2.75, 3.05) is 34.9 Å². The minimum absolute atomic E-state index is 0.166. The summed E-state index contributed by atoms with van der Waals surface area (Å²) >= 11 is 3.47. The third kappa shape index (κ3) is 7.00. The number of hydrogen-bond acceptors (Lipinski definition) is 3. The number of benzene rings is 2. The van der Waals surface area contributed by atoms with Crippen LogP contribution in [0.3, 0.4) is 0 Å². The smallest absolute Gasteiger partial charge is 0.220 e.